The van der Waals surface area contributed by atoms with Gasteiger partial charge in [-0.25, -0.2) is 13.8 Å². The van der Waals surface area contributed by atoms with E-state index in [9.17, 15) is 13.6 Å². The Hall–Kier alpha value is -3.16. The maximum atomic E-state index is 13.8. The highest BCUT2D eigenvalue weighted by atomic mass is 19.1. The molecule has 2 aromatic carbocycles. The maximum Gasteiger partial charge on any atom is 0.224 e. The number of hydrogen-bond donors (Lipinski definition) is 2. The first-order chi connectivity index (χ1) is 15.1. The van der Waals surface area contributed by atoms with E-state index in [-0.39, 0.29) is 18.0 Å². The van der Waals surface area contributed by atoms with Crippen molar-refractivity contribution in [2.24, 2.45) is 4.99 Å². The zero-order valence-corrected chi connectivity index (χ0v) is 17.8. The second kappa shape index (κ2) is 11.3. The summed E-state index contributed by atoms with van der Waals surface area (Å²) < 4.78 is 27.1. The lowest BCUT2D eigenvalue weighted by Crippen LogP contribution is -2.49. The van der Waals surface area contributed by atoms with E-state index in [1.54, 1.807) is 0 Å². The summed E-state index contributed by atoms with van der Waals surface area (Å²) in [5.74, 6) is -0.437. The zero-order valence-electron chi connectivity index (χ0n) is 17.8. The van der Waals surface area contributed by atoms with E-state index in [2.05, 4.69) is 32.7 Å². The van der Waals surface area contributed by atoms with Gasteiger partial charge in [0, 0.05) is 56.9 Å². The molecule has 6 nitrogen and oxygen atoms in total. The number of nitrogens with zero attached hydrogens (tertiary/aromatic N) is 3. The molecule has 8 heteroatoms. The van der Waals surface area contributed by atoms with Crippen LogP contribution in [0.2, 0.25) is 0 Å². The standard InChI is InChI=1S/C23H29F2N5O/c1-2-26-23(28-17-18-16-19(24)8-9-21(18)25)27-11-10-22(31)30-14-12-29(13-15-30)20-6-4-3-5-7-20/h3-9,16H,2,10-15,17H2,1H3,(H2,26,27,28). The topological polar surface area (TPSA) is 60.0 Å². The predicted molar refractivity (Wildman–Crippen MR) is 119 cm³/mol. The average Bonchev–Trinajstić information content (AvgIpc) is 2.80. The summed E-state index contributed by atoms with van der Waals surface area (Å²) in [7, 11) is 0. The Kier molecular flexibility index (Phi) is 8.20. The van der Waals surface area contributed by atoms with Gasteiger partial charge in [-0.2, -0.15) is 0 Å². The van der Waals surface area contributed by atoms with Crippen LogP contribution in [0.5, 0.6) is 0 Å². The van der Waals surface area contributed by atoms with Crippen molar-refractivity contribution in [1.29, 1.82) is 0 Å². The molecule has 0 atom stereocenters. The number of anilines is 1. The van der Waals surface area contributed by atoms with Crippen LogP contribution in [-0.2, 0) is 11.3 Å². The van der Waals surface area contributed by atoms with Crippen LogP contribution in [-0.4, -0.2) is 56.0 Å². The molecule has 0 spiro atoms. The summed E-state index contributed by atoms with van der Waals surface area (Å²) in [6, 6.07) is 13.5. The highest BCUT2D eigenvalue weighted by Gasteiger charge is 2.20. The van der Waals surface area contributed by atoms with Crippen LogP contribution >= 0.6 is 0 Å². The Morgan fingerprint density at radius 2 is 1.77 bits per heavy atom. The molecule has 0 aromatic heterocycles. The van der Waals surface area contributed by atoms with E-state index in [1.165, 1.54) is 5.69 Å². The van der Waals surface area contributed by atoms with Crippen molar-refractivity contribution in [1.82, 2.24) is 15.5 Å². The molecule has 3 rings (SSSR count). The summed E-state index contributed by atoms with van der Waals surface area (Å²) in [4.78, 5) is 21.0. The fourth-order valence-electron chi connectivity index (χ4n) is 3.47. The molecule has 31 heavy (non-hydrogen) atoms. The molecule has 166 valence electrons. The van der Waals surface area contributed by atoms with E-state index < -0.39 is 11.6 Å². The first-order valence-electron chi connectivity index (χ1n) is 10.6. The Morgan fingerprint density at radius 3 is 2.48 bits per heavy atom. The molecule has 1 heterocycles. The van der Waals surface area contributed by atoms with Gasteiger partial charge in [0.1, 0.15) is 11.6 Å². The molecular formula is C23H29F2N5O. The quantitative estimate of drug-likeness (QED) is 0.525. The number of carbonyl (C=O) groups excluding carboxylic acids is 1. The number of nitrogens with one attached hydrogen (secondary N) is 2. The molecule has 1 saturated heterocycles. The number of carbonyl (C=O) groups is 1. The van der Waals surface area contributed by atoms with Gasteiger partial charge < -0.3 is 20.4 Å². The first-order valence-corrected chi connectivity index (χ1v) is 10.6. The average molecular weight is 430 g/mol. The number of amides is 1. The molecule has 0 aliphatic carbocycles. The van der Waals surface area contributed by atoms with Gasteiger partial charge in [-0.15, -0.1) is 0 Å². The van der Waals surface area contributed by atoms with Crippen molar-refractivity contribution in [3.05, 3.63) is 65.7 Å². The highest BCUT2D eigenvalue weighted by Crippen LogP contribution is 2.16. The SMILES string of the molecule is CCNC(=NCc1cc(F)ccc1F)NCCC(=O)N1CCN(c2ccccc2)CC1. The van der Waals surface area contributed by atoms with Gasteiger partial charge in [0.25, 0.3) is 0 Å². The highest BCUT2D eigenvalue weighted by molar-refractivity contribution is 5.81. The van der Waals surface area contributed by atoms with Gasteiger partial charge in [0.2, 0.25) is 5.91 Å². The second-order valence-electron chi connectivity index (χ2n) is 7.31. The fourth-order valence-corrected chi connectivity index (χ4v) is 3.47. The minimum Gasteiger partial charge on any atom is -0.368 e. The van der Waals surface area contributed by atoms with Crippen LogP contribution in [0.15, 0.2) is 53.5 Å². The monoisotopic (exact) mass is 429 g/mol. The minimum absolute atomic E-state index is 0.00825. The summed E-state index contributed by atoms with van der Waals surface area (Å²) in [5, 5.41) is 6.15. The Morgan fingerprint density at radius 1 is 1.03 bits per heavy atom. The largest absolute Gasteiger partial charge is 0.368 e. The van der Waals surface area contributed by atoms with Gasteiger partial charge in [0.15, 0.2) is 5.96 Å². The summed E-state index contributed by atoms with van der Waals surface area (Å²) >= 11 is 0. The van der Waals surface area contributed by atoms with Crippen LogP contribution in [0.1, 0.15) is 18.9 Å². The van der Waals surface area contributed by atoms with Gasteiger partial charge in [-0.3, -0.25) is 4.79 Å². The Balaban J connectivity index is 1.45. The number of aliphatic imine (C=N–C) groups is 1. The number of hydrogen-bond acceptors (Lipinski definition) is 3. The van der Waals surface area contributed by atoms with Crippen LogP contribution in [0, 0.1) is 11.6 Å². The van der Waals surface area contributed by atoms with Gasteiger partial charge in [-0.1, -0.05) is 18.2 Å². The van der Waals surface area contributed by atoms with Crippen molar-refractivity contribution in [2.45, 2.75) is 19.9 Å². The molecule has 1 aliphatic heterocycles. The molecule has 0 unspecified atom stereocenters. The van der Waals surface area contributed by atoms with E-state index in [4.69, 9.17) is 0 Å². The third-order valence-electron chi connectivity index (χ3n) is 5.14. The van der Waals surface area contributed by atoms with E-state index in [0.29, 0.717) is 38.6 Å². The van der Waals surface area contributed by atoms with E-state index >= 15 is 0 Å². The predicted octanol–water partition coefficient (Wildman–Crippen LogP) is 2.76. The molecule has 2 N–H and O–H groups in total. The van der Waals surface area contributed by atoms with Gasteiger partial charge in [-0.05, 0) is 37.3 Å². The molecular weight excluding hydrogens is 400 g/mol. The summed E-state index contributed by atoms with van der Waals surface area (Å²) in [6.07, 6.45) is 0.337. The van der Waals surface area contributed by atoms with Crippen molar-refractivity contribution >= 4 is 17.6 Å². The lowest BCUT2D eigenvalue weighted by atomic mass is 10.2. The van der Waals surface area contributed by atoms with Crippen LogP contribution in [0.25, 0.3) is 0 Å². The van der Waals surface area contributed by atoms with Crippen molar-refractivity contribution in [3.8, 4) is 0 Å². The zero-order chi connectivity index (χ0) is 22.1. The minimum atomic E-state index is -0.498. The van der Waals surface area contributed by atoms with Crippen LogP contribution < -0.4 is 15.5 Å². The fraction of sp³-hybridized carbons (Fsp3) is 0.391. The molecule has 1 aliphatic rings. The van der Waals surface area contributed by atoms with Crippen molar-refractivity contribution in [3.63, 3.8) is 0 Å². The Bertz CT molecular complexity index is 883. The number of halogens is 2. The molecule has 0 bridgehead atoms. The second-order valence-corrected chi connectivity index (χ2v) is 7.31. The third-order valence-corrected chi connectivity index (χ3v) is 5.14. The molecule has 2 aromatic rings. The van der Waals surface area contributed by atoms with Crippen LogP contribution in [0.3, 0.4) is 0 Å². The van der Waals surface area contributed by atoms with E-state index in [1.807, 2.05) is 30.0 Å². The molecule has 1 amide bonds. The Labute approximate surface area is 182 Å². The summed E-state index contributed by atoms with van der Waals surface area (Å²) in [5.41, 5.74) is 1.36. The lowest BCUT2D eigenvalue weighted by Gasteiger charge is -2.36. The first kappa shape index (κ1) is 22.5. The van der Waals surface area contributed by atoms with Gasteiger partial charge >= 0.3 is 0 Å². The van der Waals surface area contributed by atoms with Crippen molar-refractivity contribution in [2.75, 3.05) is 44.2 Å². The van der Waals surface area contributed by atoms with E-state index in [0.717, 1.165) is 31.3 Å². The number of rotatable bonds is 7. The van der Waals surface area contributed by atoms with Crippen molar-refractivity contribution < 1.29 is 13.6 Å². The smallest absolute Gasteiger partial charge is 0.224 e. The lowest BCUT2D eigenvalue weighted by molar-refractivity contribution is -0.131. The summed E-state index contributed by atoms with van der Waals surface area (Å²) in [6.45, 7) is 5.97. The normalized spacial score (nSPS) is 14.5. The number of para-hydroxylation sites is 1. The van der Waals surface area contributed by atoms with Gasteiger partial charge in [0.05, 0.1) is 6.54 Å². The molecule has 0 radical (unpaired) electrons. The molecule has 1 fully saturated rings. The third kappa shape index (κ3) is 6.67. The van der Waals surface area contributed by atoms with Crippen LogP contribution in [0.4, 0.5) is 14.5 Å². The maximum absolute atomic E-state index is 13.8. The number of guanidine groups is 1. The molecule has 0 saturated carbocycles. The number of piperazine rings is 1. The number of benzene rings is 2.